The Bertz CT molecular complexity index is 276. The molecule has 1 N–H and O–H groups in total. The van der Waals surface area contributed by atoms with Crippen molar-refractivity contribution < 1.29 is 4.74 Å². The zero-order chi connectivity index (χ0) is 10.4. The molecule has 0 saturated carbocycles. The molecule has 14 heavy (non-hydrogen) atoms. The second-order valence-corrected chi connectivity index (χ2v) is 3.58. The third-order valence-electron chi connectivity index (χ3n) is 1.58. The molecule has 0 unspecified atom stereocenters. The van der Waals surface area contributed by atoms with Gasteiger partial charge in [0, 0.05) is 12.7 Å². The van der Waals surface area contributed by atoms with Crippen LogP contribution in [-0.2, 0) is 6.54 Å². The Hall–Kier alpha value is -1.16. The van der Waals surface area contributed by atoms with Crippen molar-refractivity contribution >= 4 is 0 Å². The van der Waals surface area contributed by atoms with Gasteiger partial charge < -0.3 is 10.1 Å². The number of rotatable bonds is 5. The lowest BCUT2D eigenvalue weighted by Gasteiger charge is -2.07. The molecule has 0 aliphatic heterocycles. The number of nitrogens with zero attached hydrogens (tertiary/aromatic N) is 2. The van der Waals surface area contributed by atoms with Crippen LogP contribution < -0.4 is 10.1 Å². The van der Waals surface area contributed by atoms with Crippen LogP contribution in [0.1, 0.15) is 19.5 Å². The first-order chi connectivity index (χ1) is 6.72. The van der Waals surface area contributed by atoms with E-state index in [1.54, 1.807) is 12.4 Å². The summed E-state index contributed by atoms with van der Waals surface area (Å²) in [6.07, 6.45) is 3.38. The Labute approximate surface area is 84.7 Å². The summed E-state index contributed by atoms with van der Waals surface area (Å²) >= 11 is 0. The molecule has 4 heteroatoms. The maximum atomic E-state index is 5.45. The van der Waals surface area contributed by atoms with Gasteiger partial charge in [0.2, 0.25) is 5.88 Å². The lowest BCUT2D eigenvalue weighted by molar-refractivity contribution is 0.259. The van der Waals surface area contributed by atoms with Crippen molar-refractivity contribution in [3.05, 3.63) is 18.1 Å². The molecule has 1 aromatic heterocycles. The summed E-state index contributed by atoms with van der Waals surface area (Å²) in [7, 11) is 1.88. The molecule has 0 amide bonds. The summed E-state index contributed by atoms with van der Waals surface area (Å²) in [6, 6.07) is 0. The minimum absolute atomic E-state index is 0.504. The van der Waals surface area contributed by atoms with E-state index in [9.17, 15) is 0 Å². The Morgan fingerprint density at radius 1 is 1.43 bits per heavy atom. The van der Waals surface area contributed by atoms with Crippen molar-refractivity contribution in [3.8, 4) is 5.88 Å². The van der Waals surface area contributed by atoms with Crippen LogP contribution >= 0.6 is 0 Å². The first-order valence-corrected chi connectivity index (χ1v) is 4.80. The van der Waals surface area contributed by atoms with Crippen molar-refractivity contribution in [1.82, 2.24) is 15.3 Å². The van der Waals surface area contributed by atoms with E-state index in [2.05, 4.69) is 29.1 Å². The third-order valence-corrected chi connectivity index (χ3v) is 1.58. The molecular formula is C10H17N3O. The number of ether oxygens (including phenoxy) is 1. The topological polar surface area (TPSA) is 47.0 Å². The van der Waals surface area contributed by atoms with Crippen LogP contribution in [0.25, 0.3) is 0 Å². The molecule has 0 atom stereocenters. The summed E-state index contributed by atoms with van der Waals surface area (Å²) < 4.78 is 5.45. The molecule has 0 aromatic carbocycles. The van der Waals surface area contributed by atoms with Gasteiger partial charge in [-0.2, -0.15) is 0 Å². The molecule has 0 fully saturated rings. The van der Waals surface area contributed by atoms with E-state index in [1.807, 2.05) is 7.05 Å². The van der Waals surface area contributed by atoms with E-state index in [1.165, 1.54) is 0 Å². The van der Waals surface area contributed by atoms with Gasteiger partial charge >= 0.3 is 0 Å². The van der Waals surface area contributed by atoms with Crippen LogP contribution in [0.4, 0.5) is 0 Å². The maximum absolute atomic E-state index is 5.45. The number of aromatic nitrogens is 2. The third kappa shape index (κ3) is 3.70. The minimum atomic E-state index is 0.504. The fraction of sp³-hybridized carbons (Fsp3) is 0.600. The number of nitrogens with one attached hydrogen (secondary N) is 1. The van der Waals surface area contributed by atoms with E-state index in [0.717, 1.165) is 5.69 Å². The standard InChI is InChI=1S/C10H17N3O/c1-8(2)7-14-10-6-12-5-9(13-10)4-11-3/h5-6,8,11H,4,7H2,1-3H3. The predicted molar refractivity (Wildman–Crippen MR) is 55.1 cm³/mol. The SMILES string of the molecule is CNCc1cncc(OCC(C)C)n1. The van der Waals surface area contributed by atoms with Gasteiger partial charge in [0.25, 0.3) is 0 Å². The van der Waals surface area contributed by atoms with Gasteiger partial charge in [-0.1, -0.05) is 13.8 Å². The van der Waals surface area contributed by atoms with Gasteiger partial charge in [-0.05, 0) is 13.0 Å². The van der Waals surface area contributed by atoms with Crippen molar-refractivity contribution in [2.45, 2.75) is 20.4 Å². The summed E-state index contributed by atoms with van der Waals surface area (Å²) in [5, 5.41) is 3.02. The summed E-state index contributed by atoms with van der Waals surface area (Å²) in [4.78, 5) is 8.34. The highest BCUT2D eigenvalue weighted by molar-refractivity contribution is 5.08. The van der Waals surface area contributed by atoms with E-state index in [-0.39, 0.29) is 0 Å². The molecule has 4 nitrogen and oxygen atoms in total. The quantitative estimate of drug-likeness (QED) is 0.767. The Balaban J connectivity index is 2.54. The second-order valence-electron chi connectivity index (χ2n) is 3.58. The molecule has 1 rings (SSSR count). The van der Waals surface area contributed by atoms with Crippen LogP contribution in [0.2, 0.25) is 0 Å². The average molecular weight is 195 g/mol. The predicted octanol–water partition coefficient (Wildman–Crippen LogP) is 1.23. The molecule has 0 aliphatic rings. The van der Waals surface area contributed by atoms with Crippen molar-refractivity contribution in [1.29, 1.82) is 0 Å². The van der Waals surface area contributed by atoms with E-state index < -0.39 is 0 Å². The molecule has 0 spiro atoms. The smallest absolute Gasteiger partial charge is 0.232 e. The highest BCUT2D eigenvalue weighted by Gasteiger charge is 2.00. The summed E-state index contributed by atoms with van der Waals surface area (Å²) in [5.74, 6) is 1.11. The van der Waals surface area contributed by atoms with Crippen LogP contribution in [-0.4, -0.2) is 23.6 Å². The highest BCUT2D eigenvalue weighted by atomic mass is 16.5. The van der Waals surface area contributed by atoms with Crippen molar-refractivity contribution in [2.75, 3.05) is 13.7 Å². The largest absolute Gasteiger partial charge is 0.476 e. The van der Waals surface area contributed by atoms with Gasteiger partial charge in [0.1, 0.15) is 0 Å². The van der Waals surface area contributed by atoms with E-state index in [0.29, 0.717) is 24.9 Å². The molecule has 0 radical (unpaired) electrons. The lowest BCUT2D eigenvalue weighted by atomic mass is 10.2. The van der Waals surface area contributed by atoms with Gasteiger partial charge in [-0.25, -0.2) is 4.98 Å². The van der Waals surface area contributed by atoms with Gasteiger partial charge in [0.15, 0.2) is 0 Å². The van der Waals surface area contributed by atoms with E-state index >= 15 is 0 Å². The lowest BCUT2D eigenvalue weighted by Crippen LogP contribution is -2.10. The van der Waals surface area contributed by atoms with Gasteiger partial charge in [-0.3, -0.25) is 4.98 Å². The van der Waals surface area contributed by atoms with Gasteiger partial charge in [-0.15, -0.1) is 0 Å². The summed E-state index contributed by atoms with van der Waals surface area (Å²) in [5.41, 5.74) is 0.897. The zero-order valence-electron chi connectivity index (χ0n) is 8.95. The first-order valence-electron chi connectivity index (χ1n) is 4.80. The van der Waals surface area contributed by atoms with Crippen LogP contribution in [0.5, 0.6) is 5.88 Å². The number of hydrogen-bond donors (Lipinski definition) is 1. The fourth-order valence-electron chi connectivity index (χ4n) is 0.974. The zero-order valence-corrected chi connectivity index (χ0v) is 8.95. The molecule has 0 saturated heterocycles. The molecule has 0 aliphatic carbocycles. The highest BCUT2D eigenvalue weighted by Crippen LogP contribution is 2.06. The number of hydrogen-bond acceptors (Lipinski definition) is 4. The fourth-order valence-corrected chi connectivity index (χ4v) is 0.974. The Kier molecular flexibility index (Phi) is 4.32. The van der Waals surface area contributed by atoms with Crippen molar-refractivity contribution in [3.63, 3.8) is 0 Å². The molecule has 1 heterocycles. The van der Waals surface area contributed by atoms with Crippen LogP contribution in [0, 0.1) is 5.92 Å². The van der Waals surface area contributed by atoms with Crippen LogP contribution in [0.15, 0.2) is 12.4 Å². The normalized spacial score (nSPS) is 10.6. The minimum Gasteiger partial charge on any atom is -0.476 e. The monoisotopic (exact) mass is 195 g/mol. The molecule has 1 aromatic rings. The van der Waals surface area contributed by atoms with Gasteiger partial charge in [0.05, 0.1) is 18.5 Å². The van der Waals surface area contributed by atoms with E-state index in [4.69, 9.17) is 4.74 Å². The second kappa shape index (κ2) is 5.54. The Morgan fingerprint density at radius 2 is 2.21 bits per heavy atom. The molecule has 0 bridgehead atoms. The first kappa shape index (κ1) is 10.9. The molecular weight excluding hydrogens is 178 g/mol. The summed E-state index contributed by atoms with van der Waals surface area (Å²) in [6.45, 7) is 5.60. The van der Waals surface area contributed by atoms with Crippen molar-refractivity contribution in [2.24, 2.45) is 5.92 Å². The Morgan fingerprint density at radius 3 is 2.86 bits per heavy atom. The average Bonchev–Trinajstić information content (AvgIpc) is 2.16. The molecule has 78 valence electrons. The van der Waals surface area contributed by atoms with Crippen LogP contribution in [0.3, 0.4) is 0 Å². The maximum Gasteiger partial charge on any atom is 0.232 e.